The molecule has 190 valence electrons. The number of alkyl halides is 2. The van der Waals surface area contributed by atoms with E-state index in [1.165, 1.54) is 64.2 Å². The van der Waals surface area contributed by atoms with Crippen LogP contribution in [0.2, 0.25) is 0 Å². The zero-order chi connectivity index (χ0) is 24.0. The van der Waals surface area contributed by atoms with Gasteiger partial charge in [0.1, 0.15) is 6.10 Å². The van der Waals surface area contributed by atoms with E-state index in [9.17, 15) is 4.79 Å². The first-order valence-corrected chi connectivity index (χ1v) is 14.9. The minimum absolute atomic E-state index is 0.00327. The Hall–Kier alpha value is 0.0500. The number of rotatable bonds is 7. The number of carbonyl (C=O) groups excluding carboxylic acids is 1. The van der Waals surface area contributed by atoms with Crippen molar-refractivity contribution in [3.8, 4) is 0 Å². The summed E-state index contributed by atoms with van der Waals surface area (Å²) in [5.41, 5.74) is 0.972. The molecule has 2 nitrogen and oxygen atoms in total. The van der Waals surface area contributed by atoms with Crippen LogP contribution in [0.15, 0.2) is 0 Å². The van der Waals surface area contributed by atoms with Crippen molar-refractivity contribution in [1.29, 1.82) is 0 Å². The lowest BCUT2D eigenvalue weighted by atomic mass is 9.44. The molecular weight excluding hydrogens is 451 g/mol. The number of fused-ring (bicyclic) bond motifs is 5. The van der Waals surface area contributed by atoms with Gasteiger partial charge in [-0.1, -0.05) is 77.1 Å². The Morgan fingerprint density at radius 1 is 0.909 bits per heavy atom. The number of hydrogen-bond acceptors (Lipinski definition) is 2. The van der Waals surface area contributed by atoms with Crippen molar-refractivity contribution in [2.24, 2.45) is 52.3 Å². The van der Waals surface area contributed by atoms with E-state index >= 15 is 0 Å². The molecule has 0 bridgehead atoms. The van der Waals surface area contributed by atoms with Gasteiger partial charge in [-0.2, -0.15) is 0 Å². The molecule has 4 aliphatic carbocycles. The molecule has 9 atom stereocenters. The maximum Gasteiger partial charge on any atom is 0.339 e. The minimum Gasteiger partial charge on any atom is -0.460 e. The van der Waals surface area contributed by atoms with Crippen LogP contribution in [0, 0.1) is 52.3 Å². The van der Waals surface area contributed by atoms with Gasteiger partial charge in [-0.15, -0.1) is 0 Å². The molecule has 4 fully saturated rings. The van der Waals surface area contributed by atoms with Gasteiger partial charge in [0.15, 0.2) is 0 Å². The first kappa shape index (κ1) is 26.1. The fourth-order valence-corrected chi connectivity index (χ4v) is 9.67. The number of ether oxygens (including phenoxy) is 1. The van der Waals surface area contributed by atoms with Gasteiger partial charge in [0.2, 0.25) is 4.84 Å². The van der Waals surface area contributed by atoms with Gasteiger partial charge in [0.05, 0.1) is 0 Å². The lowest BCUT2D eigenvalue weighted by Crippen LogP contribution is -2.54. The van der Waals surface area contributed by atoms with Crippen molar-refractivity contribution in [1.82, 2.24) is 0 Å². The van der Waals surface area contributed by atoms with Crippen LogP contribution in [-0.2, 0) is 9.53 Å². The van der Waals surface area contributed by atoms with Crippen LogP contribution in [0.3, 0.4) is 0 Å². The minimum atomic E-state index is -1.06. The molecule has 4 aliphatic rings. The van der Waals surface area contributed by atoms with Crippen molar-refractivity contribution < 1.29 is 9.53 Å². The van der Waals surface area contributed by atoms with Crippen LogP contribution in [0.25, 0.3) is 0 Å². The van der Waals surface area contributed by atoms with E-state index < -0.39 is 10.8 Å². The van der Waals surface area contributed by atoms with Gasteiger partial charge in [0.25, 0.3) is 0 Å². The fourth-order valence-electron chi connectivity index (χ4n) is 9.57. The van der Waals surface area contributed by atoms with E-state index in [1.54, 1.807) is 0 Å². The molecular formula is C29H48Cl2O2. The smallest absolute Gasteiger partial charge is 0.339 e. The summed E-state index contributed by atoms with van der Waals surface area (Å²) in [6.45, 7) is 12.6. The summed E-state index contributed by atoms with van der Waals surface area (Å²) in [7, 11) is 0. The summed E-state index contributed by atoms with van der Waals surface area (Å²) in [5, 5.41) is 0. The van der Waals surface area contributed by atoms with Crippen LogP contribution in [0.1, 0.15) is 112 Å². The average Bonchev–Trinajstić information content (AvgIpc) is 3.11. The highest BCUT2D eigenvalue weighted by Crippen LogP contribution is 2.68. The number of esters is 1. The molecule has 0 amide bonds. The topological polar surface area (TPSA) is 26.3 Å². The molecule has 0 aromatic heterocycles. The molecule has 0 heterocycles. The summed E-state index contributed by atoms with van der Waals surface area (Å²) in [6.07, 6.45) is 15.8. The highest BCUT2D eigenvalue weighted by Gasteiger charge is 2.60. The third kappa shape index (κ3) is 5.00. The maximum absolute atomic E-state index is 11.9. The van der Waals surface area contributed by atoms with Gasteiger partial charge in [-0.25, -0.2) is 4.79 Å². The highest BCUT2D eigenvalue weighted by atomic mass is 35.5. The number of carbonyl (C=O) groups is 1. The SMILES string of the molecule is CC(C)CCC[C@@H](C)[C@H]1CC[C@H]2[C@@H]3CC[C@H]4C[C@H](OC(=O)C(Cl)Cl)CC[C@]4(C)[C@H]3CC[C@]12C. The Morgan fingerprint density at radius 2 is 1.61 bits per heavy atom. The van der Waals surface area contributed by atoms with Crippen molar-refractivity contribution in [2.45, 2.75) is 123 Å². The first-order chi connectivity index (χ1) is 15.6. The third-order valence-corrected chi connectivity index (χ3v) is 11.6. The summed E-state index contributed by atoms with van der Waals surface area (Å²) >= 11 is 11.5. The van der Waals surface area contributed by atoms with Gasteiger partial charge in [-0.3, -0.25) is 0 Å². The Kier molecular flexibility index (Phi) is 8.07. The standard InChI is InChI=1S/C29H48Cl2O2/c1-18(2)7-6-8-19(3)23-11-12-24-22-10-9-20-17-21(33-27(32)26(30)31)13-15-28(20,4)25(22)14-16-29(23,24)5/h18-26H,6-17H2,1-5H3/t19-,20+,21-,22+,23-,24+,25+,28+,29-/m1/s1. The summed E-state index contributed by atoms with van der Waals surface area (Å²) in [4.78, 5) is 10.9. The lowest BCUT2D eigenvalue weighted by Gasteiger charge is -2.61. The summed E-state index contributed by atoms with van der Waals surface area (Å²) in [5.74, 6) is 5.53. The monoisotopic (exact) mass is 498 g/mol. The van der Waals surface area contributed by atoms with Crippen molar-refractivity contribution in [3.63, 3.8) is 0 Å². The Balaban J connectivity index is 1.41. The molecule has 0 unspecified atom stereocenters. The van der Waals surface area contributed by atoms with Crippen molar-refractivity contribution in [2.75, 3.05) is 0 Å². The molecule has 4 rings (SSSR count). The molecule has 0 N–H and O–H groups in total. The molecule has 0 aliphatic heterocycles. The summed E-state index contributed by atoms with van der Waals surface area (Å²) < 4.78 is 5.65. The molecule has 0 radical (unpaired) electrons. The quantitative estimate of drug-likeness (QED) is 0.258. The van der Waals surface area contributed by atoms with Crippen LogP contribution >= 0.6 is 23.2 Å². The van der Waals surface area contributed by atoms with E-state index in [2.05, 4.69) is 34.6 Å². The van der Waals surface area contributed by atoms with Crippen LogP contribution in [0.4, 0.5) is 0 Å². The fraction of sp³-hybridized carbons (Fsp3) is 0.966. The molecule has 0 spiro atoms. The van der Waals surface area contributed by atoms with Crippen LogP contribution < -0.4 is 0 Å². The second-order valence-corrected chi connectivity index (χ2v) is 14.4. The van der Waals surface area contributed by atoms with Crippen molar-refractivity contribution in [3.05, 3.63) is 0 Å². The zero-order valence-electron chi connectivity index (χ0n) is 21.8. The van der Waals surface area contributed by atoms with E-state index in [1.807, 2.05) is 0 Å². The molecule has 0 aromatic rings. The highest BCUT2D eigenvalue weighted by molar-refractivity contribution is 6.52. The second kappa shape index (κ2) is 10.2. The normalized spacial score (nSPS) is 43.7. The van der Waals surface area contributed by atoms with Gasteiger partial charge in [0, 0.05) is 0 Å². The molecule has 4 saturated carbocycles. The Labute approximate surface area is 213 Å². The Morgan fingerprint density at radius 3 is 2.30 bits per heavy atom. The van der Waals surface area contributed by atoms with Crippen LogP contribution in [0.5, 0.6) is 0 Å². The Bertz CT molecular complexity index is 693. The van der Waals surface area contributed by atoms with E-state index in [4.69, 9.17) is 27.9 Å². The first-order valence-electron chi connectivity index (χ1n) is 14.0. The van der Waals surface area contributed by atoms with Crippen LogP contribution in [-0.4, -0.2) is 16.9 Å². The van der Waals surface area contributed by atoms with Gasteiger partial charge < -0.3 is 4.74 Å². The van der Waals surface area contributed by atoms with Crippen molar-refractivity contribution >= 4 is 29.2 Å². The number of halogens is 2. The molecule has 33 heavy (non-hydrogen) atoms. The predicted molar refractivity (Wildman–Crippen MR) is 138 cm³/mol. The van der Waals surface area contributed by atoms with E-state index in [-0.39, 0.29) is 6.10 Å². The molecule has 4 heteroatoms. The van der Waals surface area contributed by atoms with Gasteiger partial charge in [-0.05, 0) is 110 Å². The van der Waals surface area contributed by atoms with E-state index in [0.29, 0.717) is 16.7 Å². The van der Waals surface area contributed by atoms with E-state index in [0.717, 1.165) is 48.3 Å². The third-order valence-electron chi connectivity index (χ3n) is 11.3. The number of hydrogen-bond donors (Lipinski definition) is 0. The average molecular weight is 500 g/mol. The van der Waals surface area contributed by atoms with Gasteiger partial charge >= 0.3 is 5.97 Å². The predicted octanol–water partition coefficient (Wildman–Crippen LogP) is 8.82. The summed E-state index contributed by atoms with van der Waals surface area (Å²) in [6, 6.07) is 0. The second-order valence-electron chi connectivity index (χ2n) is 13.3. The molecule has 0 aromatic carbocycles. The molecule has 0 saturated heterocycles. The zero-order valence-corrected chi connectivity index (χ0v) is 23.3. The lowest BCUT2D eigenvalue weighted by molar-refractivity contribution is -0.161. The maximum atomic E-state index is 11.9. The largest absolute Gasteiger partial charge is 0.460 e.